The summed E-state index contributed by atoms with van der Waals surface area (Å²) in [4.78, 5) is 16.4. The van der Waals surface area contributed by atoms with Crippen molar-refractivity contribution in [1.29, 1.82) is 0 Å². The second-order valence-corrected chi connectivity index (χ2v) is 6.28. The van der Waals surface area contributed by atoms with Crippen LogP contribution in [0.3, 0.4) is 0 Å². The van der Waals surface area contributed by atoms with Crippen molar-refractivity contribution in [2.24, 2.45) is 10.7 Å². The van der Waals surface area contributed by atoms with Crippen LogP contribution in [0, 0.1) is 5.82 Å². The summed E-state index contributed by atoms with van der Waals surface area (Å²) >= 11 is 6.04. The highest BCUT2D eigenvalue weighted by Gasteiger charge is 2.07. The van der Waals surface area contributed by atoms with Gasteiger partial charge in [0.15, 0.2) is 0 Å². The number of nitrogens with one attached hydrogen (secondary N) is 1. The SMILES string of the molecule is NC(=Nc1ccc(F)c(NC(=O)/C=C/c2ccccc2Cl)c1)c1ccccc1. The number of hydrogen-bond donors (Lipinski definition) is 2. The Bertz CT molecular complexity index is 1050. The summed E-state index contributed by atoms with van der Waals surface area (Å²) in [6, 6.07) is 20.4. The van der Waals surface area contributed by atoms with E-state index in [9.17, 15) is 9.18 Å². The largest absolute Gasteiger partial charge is 0.383 e. The van der Waals surface area contributed by atoms with E-state index < -0.39 is 11.7 Å². The fourth-order valence-corrected chi connectivity index (χ4v) is 2.64. The standard InChI is InChI=1S/C22H17ClFN3O/c23-18-9-5-4-6-15(18)10-13-21(28)27-20-14-17(11-12-19(20)24)26-22(25)16-7-2-1-3-8-16/h1-14H,(H2,25,26)(H,27,28)/b13-10+. The zero-order valence-electron chi connectivity index (χ0n) is 14.8. The van der Waals surface area contributed by atoms with Crippen molar-refractivity contribution in [2.75, 3.05) is 5.32 Å². The van der Waals surface area contributed by atoms with Gasteiger partial charge in [0.05, 0.1) is 11.4 Å². The topological polar surface area (TPSA) is 67.5 Å². The van der Waals surface area contributed by atoms with E-state index in [1.807, 2.05) is 36.4 Å². The third-order valence-electron chi connectivity index (χ3n) is 3.85. The highest BCUT2D eigenvalue weighted by atomic mass is 35.5. The number of halogens is 2. The molecule has 0 unspecified atom stereocenters. The van der Waals surface area contributed by atoms with Crippen molar-refractivity contribution in [3.63, 3.8) is 0 Å². The van der Waals surface area contributed by atoms with Crippen molar-refractivity contribution in [3.05, 3.63) is 101 Å². The number of amidine groups is 1. The third kappa shape index (κ3) is 5.05. The number of amides is 1. The number of nitrogens with zero attached hydrogens (tertiary/aromatic N) is 1. The number of aliphatic imine (C=N–C) groups is 1. The minimum Gasteiger partial charge on any atom is -0.383 e. The molecule has 3 aromatic carbocycles. The van der Waals surface area contributed by atoms with Crippen molar-refractivity contribution >= 4 is 40.8 Å². The molecule has 0 aliphatic carbocycles. The molecule has 3 rings (SSSR count). The van der Waals surface area contributed by atoms with Gasteiger partial charge in [-0.2, -0.15) is 0 Å². The number of benzene rings is 3. The number of nitrogens with two attached hydrogens (primary N) is 1. The quantitative estimate of drug-likeness (QED) is 0.357. The fraction of sp³-hybridized carbons (Fsp3) is 0. The Hall–Kier alpha value is -3.44. The van der Waals surface area contributed by atoms with Gasteiger partial charge in [-0.1, -0.05) is 60.1 Å². The Kier molecular flexibility index (Phi) is 6.19. The predicted octanol–water partition coefficient (Wildman–Crippen LogP) is 5.17. The van der Waals surface area contributed by atoms with Crippen LogP contribution in [0.1, 0.15) is 11.1 Å². The van der Waals surface area contributed by atoms with Crippen molar-refractivity contribution in [2.45, 2.75) is 0 Å². The molecular weight excluding hydrogens is 377 g/mol. The van der Waals surface area contributed by atoms with Crippen molar-refractivity contribution in [1.82, 2.24) is 0 Å². The molecule has 140 valence electrons. The van der Waals surface area contributed by atoms with Crippen LogP contribution in [-0.4, -0.2) is 11.7 Å². The van der Waals surface area contributed by atoms with E-state index in [1.54, 1.807) is 24.3 Å². The zero-order valence-corrected chi connectivity index (χ0v) is 15.5. The predicted molar refractivity (Wildman–Crippen MR) is 112 cm³/mol. The van der Waals surface area contributed by atoms with Gasteiger partial charge in [-0.25, -0.2) is 9.38 Å². The summed E-state index contributed by atoms with van der Waals surface area (Å²) in [5.41, 5.74) is 7.86. The van der Waals surface area contributed by atoms with Crippen LogP contribution in [0.25, 0.3) is 6.08 Å². The van der Waals surface area contributed by atoms with Gasteiger partial charge in [0, 0.05) is 16.7 Å². The van der Waals surface area contributed by atoms with E-state index in [0.717, 1.165) is 5.56 Å². The van der Waals surface area contributed by atoms with Crippen LogP contribution >= 0.6 is 11.6 Å². The molecule has 0 aromatic heterocycles. The van der Waals surface area contributed by atoms with Gasteiger partial charge >= 0.3 is 0 Å². The Morgan fingerprint density at radius 1 is 1.04 bits per heavy atom. The molecule has 0 atom stereocenters. The second kappa shape index (κ2) is 8.97. The molecule has 0 heterocycles. The van der Waals surface area contributed by atoms with Gasteiger partial charge in [0.1, 0.15) is 11.7 Å². The smallest absolute Gasteiger partial charge is 0.248 e. The van der Waals surface area contributed by atoms with E-state index in [4.69, 9.17) is 17.3 Å². The maximum atomic E-state index is 14.1. The third-order valence-corrected chi connectivity index (χ3v) is 4.19. The minimum absolute atomic E-state index is 0.0101. The lowest BCUT2D eigenvalue weighted by Crippen LogP contribution is -2.12. The van der Waals surface area contributed by atoms with Crippen LogP contribution < -0.4 is 11.1 Å². The Morgan fingerprint density at radius 2 is 1.75 bits per heavy atom. The monoisotopic (exact) mass is 393 g/mol. The molecule has 28 heavy (non-hydrogen) atoms. The maximum absolute atomic E-state index is 14.1. The summed E-state index contributed by atoms with van der Waals surface area (Å²) in [6.07, 6.45) is 2.85. The van der Waals surface area contributed by atoms with Gasteiger partial charge in [-0.15, -0.1) is 0 Å². The second-order valence-electron chi connectivity index (χ2n) is 5.87. The molecule has 4 nitrogen and oxygen atoms in total. The molecule has 0 radical (unpaired) electrons. The molecular formula is C22H17ClFN3O. The summed E-state index contributed by atoms with van der Waals surface area (Å²) in [6.45, 7) is 0. The molecule has 0 spiro atoms. The summed E-state index contributed by atoms with van der Waals surface area (Å²) < 4.78 is 14.1. The zero-order chi connectivity index (χ0) is 19.9. The van der Waals surface area contributed by atoms with Crippen molar-refractivity contribution < 1.29 is 9.18 Å². The number of carbonyl (C=O) groups is 1. The van der Waals surface area contributed by atoms with Crippen molar-refractivity contribution in [3.8, 4) is 0 Å². The molecule has 0 fully saturated rings. The summed E-state index contributed by atoms with van der Waals surface area (Å²) in [5, 5.41) is 3.02. The first-order valence-electron chi connectivity index (χ1n) is 8.45. The first-order valence-corrected chi connectivity index (χ1v) is 8.83. The number of carbonyl (C=O) groups excluding carboxylic acids is 1. The molecule has 0 aliphatic rings. The Balaban J connectivity index is 1.76. The maximum Gasteiger partial charge on any atom is 0.248 e. The van der Waals surface area contributed by atoms with Gasteiger partial charge in [0.25, 0.3) is 0 Å². The van der Waals surface area contributed by atoms with E-state index in [2.05, 4.69) is 10.3 Å². The number of rotatable bonds is 5. The molecule has 6 heteroatoms. The Labute approximate surface area is 167 Å². The van der Waals surface area contributed by atoms with E-state index in [0.29, 0.717) is 22.1 Å². The summed E-state index contributed by atoms with van der Waals surface area (Å²) in [7, 11) is 0. The molecule has 0 aliphatic heterocycles. The van der Waals surface area contributed by atoms with Crippen LogP contribution in [0.2, 0.25) is 5.02 Å². The minimum atomic E-state index is -0.572. The average molecular weight is 394 g/mol. The normalized spacial score (nSPS) is 11.6. The number of anilines is 1. The lowest BCUT2D eigenvalue weighted by atomic mass is 10.2. The lowest BCUT2D eigenvalue weighted by Gasteiger charge is -2.06. The van der Waals surface area contributed by atoms with Crippen LogP contribution in [-0.2, 0) is 4.79 Å². The van der Waals surface area contributed by atoms with Gasteiger partial charge in [-0.05, 0) is 35.9 Å². The van der Waals surface area contributed by atoms with Crippen LogP contribution in [0.15, 0.2) is 83.9 Å². The van der Waals surface area contributed by atoms with Crippen LogP contribution in [0.4, 0.5) is 15.8 Å². The van der Waals surface area contributed by atoms with Gasteiger partial charge in [-0.3, -0.25) is 4.79 Å². The van der Waals surface area contributed by atoms with E-state index >= 15 is 0 Å². The summed E-state index contributed by atoms with van der Waals surface area (Å²) in [5.74, 6) is -0.768. The molecule has 0 saturated heterocycles. The average Bonchev–Trinajstić information content (AvgIpc) is 2.70. The first kappa shape index (κ1) is 19.3. The van der Waals surface area contributed by atoms with Gasteiger partial charge in [0.2, 0.25) is 5.91 Å². The number of hydrogen-bond acceptors (Lipinski definition) is 2. The highest BCUT2D eigenvalue weighted by Crippen LogP contribution is 2.23. The van der Waals surface area contributed by atoms with Crippen LogP contribution in [0.5, 0.6) is 0 Å². The highest BCUT2D eigenvalue weighted by molar-refractivity contribution is 6.32. The first-order chi connectivity index (χ1) is 13.5. The fourth-order valence-electron chi connectivity index (χ4n) is 2.44. The lowest BCUT2D eigenvalue weighted by molar-refractivity contribution is -0.111. The molecule has 3 aromatic rings. The molecule has 0 bridgehead atoms. The van der Waals surface area contributed by atoms with E-state index in [-0.39, 0.29) is 5.69 Å². The van der Waals surface area contributed by atoms with E-state index in [1.165, 1.54) is 24.3 Å². The molecule has 1 amide bonds. The molecule has 3 N–H and O–H groups in total. The van der Waals surface area contributed by atoms with Gasteiger partial charge < -0.3 is 11.1 Å². The molecule has 0 saturated carbocycles. The Morgan fingerprint density at radius 3 is 2.50 bits per heavy atom.